The molecule has 2 unspecified atom stereocenters. The molecule has 552 valence electrons. The molecular formula is C74H144O17P2. The van der Waals surface area contributed by atoms with Crippen molar-refractivity contribution in [2.75, 3.05) is 39.6 Å². The molecule has 0 fully saturated rings. The molecule has 0 spiro atoms. The number of aliphatic hydroxyl groups excluding tert-OH is 1. The molecule has 93 heavy (non-hydrogen) atoms. The molecule has 0 aromatic carbocycles. The zero-order chi connectivity index (χ0) is 68.4. The van der Waals surface area contributed by atoms with Crippen LogP contribution in [0.4, 0.5) is 0 Å². The van der Waals surface area contributed by atoms with E-state index < -0.39 is 97.5 Å². The fourth-order valence-electron chi connectivity index (χ4n) is 11.4. The molecule has 0 saturated carbocycles. The summed E-state index contributed by atoms with van der Waals surface area (Å²) in [7, 11) is -9.90. The van der Waals surface area contributed by atoms with E-state index in [1.54, 1.807) is 0 Å². The predicted octanol–water partition coefficient (Wildman–Crippen LogP) is 21.7. The van der Waals surface area contributed by atoms with Crippen LogP contribution >= 0.6 is 15.6 Å². The number of carbonyl (C=O) groups is 4. The topological polar surface area (TPSA) is 237 Å². The number of rotatable bonds is 74. The van der Waals surface area contributed by atoms with Gasteiger partial charge in [-0.25, -0.2) is 9.13 Å². The first-order valence-electron chi connectivity index (χ1n) is 38.6. The maximum absolute atomic E-state index is 13.1. The monoisotopic (exact) mass is 1370 g/mol. The van der Waals surface area contributed by atoms with Crippen molar-refractivity contribution in [1.29, 1.82) is 0 Å². The van der Waals surface area contributed by atoms with Gasteiger partial charge in [-0.3, -0.25) is 37.3 Å². The van der Waals surface area contributed by atoms with Crippen molar-refractivity contribution in [1.82, 2.24) is 0 Å². The summed E-state index contributed by atoms with van der Waals surface area (Å²) >= 11 is 0. The van der Waals surface area contributed by atoms with Gasteiger partial charge in [-0.2, -0.15) is 0 Å². The van der Waals surface area contributed by atoms with Crippen LogP contribution in [-0.2, 0) is 65.4 Å². The van der Waals surface area contributed by atoms with E-state index in [1.807, 2.05) is 0 Å². The van der Waals surface area contributed by atoms with Gasteiger partial charge in [0.15, 0.2) is 12.2 Å². The molecule has 5 atom stereocenters. The lowest BCUT2D eigenvalue weighted by atomic mass is 10.0. The Bertz CT molecular complexity index is 1790. The summed E-state index contributed by atoms with van der Waals surface area (Å²) in [5.41, 5.74) is 0. The Balaban J connectivity index is 5.14. The fourth-order valence-corrected chi connectivity index (χ4v) is 12.9. The van der Waals surface area contributed by atoms with Gasteiger partial charge >= 0.3 is 39.5 Å². The minimum absolute atomic E-state index is 0.105. The molecule has 0 aliphatic carbocycles. The lowest BCUT2D eigenvalue weighted by Crippen LogP contribution is -2.30. The van der Waals surface area contributed by atoms with Crippen LogP contribution in [0.2, 0.25) is 0 Å². The number of hydrogen-bond donors (Lipinski definition) is 3. The summed E-state index contributed by atoms with van der Waals surface area (Å²) in [5.74, 6) is -1.38. The quantitative estimate of drug-likeness (QED) is 0.0222. The van der Waals surface area contributed by atoms with Crippen molar-refractivity contribution in [3.05, 3.63) is 0 Å². The molecule has 0 aromatic heterocycles. The first-order valence-corrected chi connectivity index (χ1v) is 41.6. The highest BCUT2D eigenvalue weighted by Gasteiger charge is 2.30. The van der Waals surface area contributed by atoms with Crippen LogP contribution in [-0.4, -0.2) is 96.7 Å². The number of ether oxygens (including phenoxy) is 4. The Morgan fingerprint density at radius 3 is 0.731 bits per heavy atom. The van der Waals surface area contributed by atoms with Crippen LogP contribution in [0.3, 0.4) is 0 Å². The molecule has 0 amide bonds. The molecule has 0 bridgehead atoms. The van der Waals surface area contributed by atoms with E-state index in [9.17, 15) is 43.2 Å². The largest absolute Gasteiger partial charge is 0.472 e. The van der Waals surface area contributed by atoms with Gasteiger partial charge < -0.3 is 33.8 Å². The summed E-state index contributed by atoms with van der Waals surface area (Å²) in [4.78, 5) is 72.4. The Labute approximate surface area is 568 Å². The maximum Gasteiger partial charge on any atom is 0.472 e. The van der Waals surface area contributed by atoms with E-state index in [2.05, 4.69) is 34.6 Å². The molecule has 0 radical (unpaired) electrons. The second-order valence-corrected chi connectivity index (χ2v) is 30.1. The van der Waals surface area contributed by atoms with Crippen molar-refractivity contribution in [2.24, 2.45) is 5.92 Å². The number of unbranched alkanes of at least 4 members (excludes halogenated alkanes) is 46. The zero-order valence-corrected chi connectivity index (χ0v) is 62.2. The molecule has 0 aliphatic heterocycles. The second-order valence-electron chi connectivity index (χ2n) is 27.2. The van der Waals surface area contributed by atoms with Crippen LogP contribution in [0, 0.1) is 5.92 Å². The summed E-state index contributed by atoms with van der Waals surface area (Å²) < 4.78 is 68.2. The standard InChI is InChI=1S/C74H144O17P2/c1-6-9-12-15-17-19-21-23-25-27-29-31-33-35-40-44-49-54-59-74(79)91-70(64-85-72(77)58-53-48-43-39-34-32-30-28-26-24-22-20-18-16-13-10-7-2)66-89-93(82,83)87-62-68(75)61-86-92(80,81)88-65-69(63-84-71(76)57-52-46-14-11-8-3)90-73(78)60-55-50-45-41-37-36-38-42-47-51-56-67(4)5/h67-70,75H,6-66H2,1-5H3,(H,80,81)(H,82,83)/t68-,69+,70+/m0/s1. The third kappa shape index (κ3) is 68.4. The minimum atomic E-state index is -4.95. The molecule has 0 rings (SSSR count). The molecule has 19 heteroatoms. The number of carbonyl (C=O) groups excluding carboxylic acids is 4. The van der Waals surface area contributed by atoms with Gasteiger partial charge in [0, 0.05) is 25.7 Å². The molecule has 17 nitrogen and oxygen atoms in total. The second kappa shape index (κ2) is 67.3. The zero-order valence-electron chi connectivity index (χ0n) is 60.4. The Hall–Kier alpha value is -1.94. The summed E-state index contributed by atoms with van der Waals surface area (Å²) in [6.07, 6.45) is 55.9. The highest BCUT2D eigenvalue weighted by Crippen LogP contribution is 2.45. The van der Waals surface area contributed by atoms with Gasteiger partial charge in [-0.1, -0.05) is 336 Å². The average molecular weight is 1370 g/mol. The number of aliphatic hydroxyl groups is 1. The molecule has 0 heterocycles. The Kier molecular flexibility index (Phi) is 65.9. The molecule has 0 aliphatic rings. The number of phosphoric acid groups is 2. The number of phosphoric ester groups is 2. The molecule has 0 saturated heterocycles. The van der Waals surface area contributed by atoms with Crippen LogP contribution in [0.25, 0.3) is 0 Å². The van der Waals surface area contributed by atoms with Crippen LogP contribution in [0.15, 0.2) is 0 Å². The van der Waals surface area contributed by atoms with E-state index in [0.717, 1.165) is 102 Å². The van der Waals surface area contributed by atoms with Gasteiger partial charge in [0.2, 0.25) is 0 Å². The molecular weight excluding hydrogens is 1220 g/mol. The first-order chi connectivity index (χ1) is 45.0. The van der Waals surface area contributed by atoms with Crippen molar-refractivity contribution < 1.29 is 80.2 Å². The van der Waals surface area contributed by atoms with E-state index in [4.69, 9.17) is 37.0 Å². The predicted molar refractivity (Wildman–Crippen MR) is 377 cm³/mol. The van der Waals surface area contributed by atoms with Gasteiger partial charge in [0.05, 0.1) is 26.4 Å². The average Bonchev–Trinajstić information content (AvgIpc) is 2.54. The van der Waals surface area contributed by atoms with Crippen molar-refractivity contribution in [2.45, 2.75) is 406 Å². The first kappa shape index (κ1) is 91.1. The van der Waals surface area contributed by atoms with E-state index >= 15 is 0 Å². The van der Waals surface area contributed by atoms with Gasteiger partial charge in [-0.15, -0.1) is 0 Å². The van der Waals surface area contributed by atoms with Gasteiger partial charge in [0.25, 0.3) is 0 Å². The highest BCUT2D eigenvalue weighted by atomic mass is 31.2. The number of esters is 4. The maximum atomic E-state index is 13.1. The van der Waals surface area contributed by atoms with E-state index in [1.165, 1.54) is 205 Å². The van der Waals surface area contributed by atoms with Crippen LogP contribution in [0.1, 0.15) is 388 Å². The van der Waals surface area contributed by atoms with Gasteiger partial charge in [0.1, 0.15) is 19.3 Å². The lowest BCUT2D eigenvalue weighted by Gasteiger charge is -2.21. The van der Waals surface area contributed by atoms with Crippen molar-refractivity contribution in [3.63, 3.8) is 0 Å². The highest BCUT2D eigenvalue weighted by molar-refractivity contribution is 7.47. The Morgan fingerprint density at radius 2 is 0.495 bits per heavy atom. The van der Waals surface area contributed by atoms with E-state index in [0.29, 0.717) is 25.7 Å². The normalized spacial score (nSPS) is 14.0. The minimum Gasteiger partial charge on any atom is -0.462 e. The Morgan fingerprint density at radius 1 is 0.290 bits per heavy atom. The third-order valence-electron chi connectivity index (χ3n) is 17.3. The van der Waals surface area contributed by atoms with Crippen LogP contribution < -0.4 is 0 Å². The van der Waals surface area contributed by atoms with Gasteiger partial charge in [-0.05, 0) is 31.6 Å². The lowest BCUT2D eigenvalue weighted by molar-refractivity contribution is -0.161. The SMILES string of the molecule is CCCCCCCCCCCCCCCCCCCCC(=O)O[C@H](COC(=O)CCCCCCCCCCCCCCCCCCC)COP(=O)(O)OC[C@@H](O)COP(=O)(O)OC[C@@H](COC(=O)CCCCCCC)OC(=O)CCCCCCCCCCCCC(C)C. The summed E-state index contributed by atoms with van der Waals surface area (Å²) in [5, 5.41) is 10.6. The van der Waals surface area contributed by atoms with Crippen molar-refractivity contribution >= 4 is 39.5 Å². The summed E-state index contributed by atoms with van der Waals surface area (Å²) in [6, 6.07) is 0. The molecule has 0 aromatic rings. The molecule has 3 N–H and O–H groups in total. The smallest absolute Gasteiger partial charge is 0.462 e. The van der Waals surface area contributed by atoms with E-state index in [-0.39, 0.29) is 25.7 Å². The number of hydrogen-bond acceptors (Lipinski definition) is 15. The summed E-state index contributed by atoms with van der Waals surface area (Å²) in [6.45, 7) is 7.18. The van der Waals surface area contributed by atoms with Crippen LogP contribution in [0.5, 0.6) is 0 Å². The van der Waals surface area contributed by atoms with Crippen molar-refractivity contribution in [3.8, 4) is 0 Å². The third-order valence-corrected chi connectivity index (χ3v) is 19.2. The fraction of sp³-hybridized carbons (Fsp3) is 0.946.